The molecule has 0 fully saturated rings. The standard InChI is InChI=1S/C22H22BrF11N2O5/c1-17(2,3)40-15(37)35-10-8-12(11(7-9(10)23)36-16(38)41-18(4,5)6)39-14(25)13(24)19(26,27)20(28,29)21(30,31)22(32,33)34/h7-8H,1-6H3,(H,35,37)(H,36,38). The lowest BCUT2D eigenvalue weighted by Gasteiger charge is -2.32. The van der Waals surface area contributed by atoms with Crippen LogP contribution in [0, 0.1) is 0 Å². The van der Waals surface area contributed by atoms with E-state index in [0.717, 1.165) is 6.07 Å². The number of alkyl halides is 9. The number of hydrogen-bond acceptors (Lipinski definition) is 5. The molecule has 0 saturated carbocycles. The van der Waals surface area contributed by atoms with Crippen molar-refractivity contribution in [3.8, 4) is 5.75 Å². The van der Waals surface area contributed by atoms with Crippen LogP contribution in [-0.2, 0) is 9.47 Å². The molecule has 0 aliphatic heterocycles. The summed E-state index contributed by atoms with van der Waals surface area (Å²) in [5, 5.41) is 3.97. The normalized spacial score (nSPS) is 14.2. The Bertz CT molecular complexity index is 1190. The van der Waals surface area contributed by atoms with Crippen molar-refractivity contribution in [3.63, 3.8) is 0 Å². The first kappa shape index (κ1) is 36.0. The van der Waals surface area contributed by atoms with Gasteiger partial charge in [0, 0.05) is 10.5 Å². The molecule has 0 aliphatic carbocycles. The Morgan fingerprint density at radius 2 is 1.12 bits per heavy atom. The molecule has 2 amide bonds. The predicted octanol–water partition coefficient (Wildman–Crippen LogP) is 9.10. The second-order valence-electron chi connectivity index (χ2n) is 9.99. The number of allylic oxidation sites excluding steroid dienone is 1. The zero-order chi connectivity index (χ0) is 32.6. The van der Waals surface area contributed by atoms with Gasteiger partial charge in [-0.05, 0) is 63.5 Å². The minimum Gasteiger partial charge on any atom is -0.444 e. The van der Waals surface area contributed by atoms with Gasteiger partial charge in [-0.2, -0.15) is 48.3 Å². The molecule has 0 bridgehead atoms. The highest BCUT2D eigenvalue weighted by Gasteiger charge is 2.83. The van der Waals surface area contributed by atoms with E-state index in [9.17, 15) is 57.9 Å². The lowest BCUT2D eigenvalue weighted by Crippen LogP contribution is -2.61. The minimum atomic E-state index is -7.54. The van der Waals surface area contributed by atoms with Crippen molar-refractivity contribution in [3.05, 3.63) is 28.4 Å². The zero-order valence-electron chi connectivity index (χ0n) is 21.7. The van der Waals surface area contributed by atoms with Crippen LogP contribution in [-0.4, -0.2) is 47.3 Å². The van der Waals surface area contributed by atoms with Crippen molar-refractivity contribution in [1.29, 1.82) is 0 Å². The maximum Gasteiger partial charge on any atom is 0.460 e. The molecule has 41 heavy (non-hydrogen) atoms. The van der Waals surface area contributed by atoms with Crippen molar-refractivity contribution in [2.75, 3.05) is 10.6 Å². The molecule has 0 saturated heterocycles. The van der Waals surface area contributed by atoms with Crippen LogP contribution in [0.3, 0.4) is 0 Å². The molecule has 1 aromatic carbocycles. The van der Waals surface area contributed by atoms with Crippen molar-refractivity contribution >= 4 is 39.5 Å². The van der Waals surface area contributed by atoms with Crippen LogP contribution in [0.25, 0.3) is 0 Å². The molecular weight excluding hydrogens is 661 g/mol. The van der Waals surface area contributed by atoms with Gasteiger partial charge >= 0.3 is 42.1 Å². The van der Waals surface area contributed by atoms with E-state index in [0.29, 0.717) is 6.07 Å². The van der Waals surface area contributed by atoms with E-state index in [2.05, 4.69) is 26.0 Å². The molecule has 1 rings (SSSR count). The highest BCUT2D eigenvalue weighted by molar-refractivity contribution is 9.10. The smallest absolute Gasteiger partial charge is 0.444 e. The van der Waals surface area contributed by atoms with Gasteiger partial charge in [-0.1, -0.05) is 0 Å². The maximum atomic E-state index is 14.4. The minimum absolute atomic E-state index is 0.173. The molecule has 0 spiro atoms. The summed E-state index contributed by atoms with van der Waals surface area (Å²) in [6, 6.07) is -2.12. The molecule has 0 unspecified atom stereocenters. The van der Waals surface area contributed by atoms with Gasteiger partial charge in [-0.15, -0.1) is 0 Å². The van der Waals surface area contributed by atoms with Crippen LogP contribution in [0.4, 0.5) is 69.3 Å². The van der Waals surface area contributed by atoms with E-state index in [1.165, 1.54) is 41.5 Å². The van der Waals surface area contributed by atoms with Gasteiger partial charge in [0.2, 0.25) is 5.83 Å². The average molecular weight is 683 g/mol. The molecule has 0 aromatic heterocycles. The predicted molar refractivity (Wildman–Crippen MR) is 125 cm³/mol. The molecule has 19 heteroatoms. The third-order valence-electron chi connectivity index (χ3n) is 4.13. The highest BCUT2D eigenvalue weighted by Crippen LogP contribution is 2.56. The van der Waals surface area contributed by atoms with Crippen LogP contribution in [0.1, 0.15) is 41.5 Å². The van der Waals surface area contributed by atoms with Crippen LogP contribution in [0.5, 0.6) is 5.75 Å². The number of amides is 2. The van der Waals surface area contributed by atoms with Crippen LogP contribution < -0.4 is 15.4 Å². The van der Waals surface area contributed by atoms with E-state index in [1.54, 1.807) is 0 Å². The van der Waals surface area contributed by atoms with Crippen molar-refractivity contribution in [2.45, 2.75) is 76.7 Å². The molecular formula is C22H22BrF11N2O5. The summed E-state index contributed by atoms with van der Waals surface area (Å²) in [5.41, 5.74) is -3.46. The third-order valence-corrected chi connectivity index (χ3v) is 4.79. The van der Waals surface area contributed by atoms with Gasteiger partial charge in [0.25, 0.3) is 0 Å². The number of carbonyl (C=O) groups excluding carboxylic acids is 2. The third kappa shape index (κ3) is 8.75. The van der Waals surface area contributed by atoms with E-state index < -0.39 is 76.3 Å². The van der Waals surface area contributed by atoms with Gasteiger partial charge < -0.3 is 14.2 Å². The monoisotopic (exact) mass is 682 g/mol. The largest absolute Gasteiger partial charge is 0.460 e. The maximum absolute atomic E-state index is 14.4. The zero-order valence-corrected chi connectivity index (χ0v) is 23.3. The number of rotatable bonds is 7. The lowest BCUT2D eigenvalue weighted by atomic mass is 10.0. The second-order valence-corrected chi connectivity index (χ2v) is 10.8. The average Bonchev–Trinajstić information content (AvgIpc) is 2.72. The summed E-state index contributed by atoms with van der Waals surface area (Å²) in [6.45, 7) is 8.53. The Morgan fingerprint density at radius 1 is 0.707 bits per heavy atom. The Morgan fingerprint density at radius 3 is 1.51 bits per heavy atom. The summed E-state index contributed by atoms with van der Waals surface area (Å²) in [7, 11) is 0. The van der Waals surface area contributed by atoms with Gasteiger partial charge in [0.05, 0.1) is 11.4 Å². The van der Waals surface area contributed by atoms with Crippen LogP contribution >= 0.6 is 15.9 Å². The molecule has 234 valence electrons. The summed E-state index contributed by atoms with van der Waals surface area (Å²) in [6.07, 6.45) is -9.80. The Balaban J connectivity index is 3.65. The molecule has 0 radical (unpaired) electrons. The van der Waals surface area contributed by atoms with Crippen molar-refractivity contribution in [1.82, 2.24) is 0 Å². The highest BCUT2D eigenvalue weighted by atomic mass is 79.9. The Kier molecular flexibility index (Phi) is 10.3. The number of ether oxygens (including phenoxy) is 3. The van der Waals surface area contributed by atoms with Gasteiger partial charge in [0.15, 0.2) is 5.75 Å². The van der Waals surface area contributed by atoms with Crippen molar-refractivity contribution in [2.24, 2.45) is 0 Å². The number of nitrogens with one attached hydrogen (secondary N) is 2. The van der Waals surface area contributed by atoms with Gasteiger partial charge in [-0.3, -0.25) is 10.6 Å². The van der Waals surface area contributed by atoms with E-state index in [4.69, 9.17) is 9.47 Å². The SMILES string of the molecule is CC(C)(C)OC(=O)Nc1cc(OC(F)=C(F)C(F)(F)C(F)(F)C(F)(F)C(F)(F)F)c(NC(=O)OC(C)(C)C)cc1Br. The topological polar surface area (TPSA) is 85.9 Å². The molecule has 0 heterocycles. The summed E-state index contributed by atoms with van der Waals surface area (Å²) < 4.78 is 160. The molecule has 0 atom stereocenters. The molecule has 7 nitrogen and oxygen atoms in total. The van der Waals surface area contributed by atoms with Crippen LogP contribution in [0.15, 0.2) is 28.4 Å². The number of hydrogen-bond donors (Lipinski definition) is 2. The fraction of sp³-hybridized carbons (Fsp3) is 0.545. The fourth-order valence-corrected chi connectivity index (χ4v) is 2.88. The van der Waals surface area contributed by atoms with E-state index >= 15 is 0 Å². The molecule has 2 N–H and O–H groups in total. The first-order chi connectivity index (χ1) is 18.0. The Hall–Kier alpha value is -2.99. The number of benzene rings is 1. The number of halogens is 12. The lowest BCUT2D eigenvalue weighted by molar-refractivity contribution is -0.392. The first-order valence-electron chi connectivity index (χ1n) is 10.8. The molecule has 1 aromatic rings. The van der Waals surface area contributed by atoms with Crippen molar-refractivity contribution < 1.29 is 72.1 Å². The fourth-order valence-electron chi connectivity index (χ4n) is 2.44. The number of carbonyl (C=O) groups is 2. The first-order valence-corrected chi connectivity index (χ1v) is 11.6. The van der Waals surface area contributed by atoms with E-state index in [-0.39, 0.29) is 4.47 Å². The quantitative estimate of drug-likeness (QED) is 0.221. The van der Waals surface area contributed by atoms with Gasteiger partial charge in [-0.25, -0.2) is 9.59 Å². The summed E-state index contributed by atoms with van der Waals surface area (Å²) in [4.78, 5) is 24.2. The molecule has 0 aliphatic rings. The second kappa shape index (κ2) is 11.7. The van der Waals surface area contributed by atoms with Crippen LogP contribution in [0.2, 0.25) is 0 Å². The number of anilines is 2. The van der Waals surface area contributed by atoms with E-state index in [1.807, 2.05) is 5.32 Å². The summed E-state index contributed by atoms with van der Waals surface area (Å²) in [5.74, 6) is -27.6. The van der Waals surface area contributed by atoms with Gasteiger partial charge in [0.1, 0.15) is 11.2 Å². The summed E-state index contributed by atoms with van der Waals surface area (Å²) >= 11 is 2.93. The Labute approximate surface area is 233 Å².